The number of rotatable bonds is 4. The molecule has 6 nitrogen and oxygen atoms in total. The topological polar surface area (TPSA) is 83.7 Å². The van der Waals surface area contributed by atoms with E-state index in [0.717, 1.165) is 17.1 Å². The second-order valence-corrected chi connectivity index (χ2v) is 7.41. The lowest BCUT2D eigenvalue weighted by atomic mass is 10.2. The van der Waals surface area contributed by atoms with Crippen molar-refractivity contribution in [3.8, 4) is 0 Å². The third-order valence-corrected chi connectivity index (χ3v) is 5.57. The average molecular weight is 311 g/mol. The summed E-state index contributed by atoms with van der Waals surface area (Å²) < 4.78 is 26.0. The summed E-state index contributed by atoms with van der Waals surface area (Å²) in [6, 6.07) is 4.56. The molecule has 0 saturated carbocycles. The number of hydrogen-bond acceptors (Lipinski definition) is 4. The number of likely N-dealkylation sites (tertiary alicyclic amines) is 1. The van der Waals surface area contributed by atoms with Crippen LogP contribution in [-0.2, 0) is 14.8 Å². The van der Waals surface area contributed by atoms with Crippen LogP contribution in [0.2, 0.25) is 0 Å². The summed E-state index contributed by atoms with van der Waals surface area (Å²) in [7, 11) is -2.25. The molecule has 0 aliphatic carbocycles. The minimum absolute atomic E-state index is 0.133. The maximum atomic E-state index is 12.5. The Morgan fingerprint density at radius 2 is 1.95 bits per heavy atom. The number of nitrogens with zero attached hydrogens (tertiary/aromatic N) is 2. The van der Waals surface area contributed by atoms with Gasteiger partial charge in [0.15, 0.2) is 0 Å². The van der Waals surface area contributed by atoms with Gasteiger partial charge in [0.2, 0.25) is 15.9 Å². The van der Waals surface area contributed by atoms with Crippen molar-refractivity contribution in [2.45, 2.75) is 24.7 Å². The molecule has 0 spiro atoms. The molecule has 1 fully saturated rings. The van der Waals surface area contributed by atoms with Gasteiger partial charge in [-0.05, 0) is 43.5 Å². The highest BCUT2D eigenvalue weighted by atomic mass is 32.2. The maximum Gasteiger partial charge on any atom is 0.243 e. The Bertz CT molecular complexity index is 637. The fourth-order valence-electron chi connectivity index (χ4n) is 2.33. The van der Waals surface area contributed by atoms with Crippen molar-refractivity contribution >= 4 is 21.6 Å². The molecule has 0 bridgehead atoms. The summed E-state index contributed by atoms with van der Waals surface area (Å²) in [5, 5.41) is 0. The van der Waals surface area contributed by atoms with E-state index in [1.54, 1.807) is 17.9 Å². The third kappa shape index (κ3) is 3.36. The zero-order valence-corrected chi connectivity index (χ0v) is 13.2. The Hall–Kier alpha value is -1.60. The summed E-state index contributed by atoms with van der Waals surface area (Å²) in [6.07, 6.45) is 1.97. The molecule has 2 N–H and O–H groups in total. The van der Waals surface area contributed by atoms with Crippen LogP contribution in [0.1, 0.15) is 18.4 Å². The van der Waals surface area contributed by atoms with E-state index in [1.807, 2.05) is 0 Å². The van der Waals surface area contributed by atoms with Gasteiger partial charge in [-0.3, -0.25) is 4.79 Å². The maximum absolute atomic E-state index is 12.5. The van der Waals surface area contributed by atoms with Crippen LogP contribution in [0.25, 0.3) is 0 Å². The van der Waals surface area contributed by atoms with Gasteiger partial charge in [0.1, 0.15) is 0 Å². The fourth-order valence-corrected chi connectivity index (χ4v) is 3.54. The number of carbonyl (C=O) groups is 1. The summed E-state index contributed by atoms with van der Waals surface area (Å²) >= 11 is 0. The second kappa shape index (κ2) is 6.03. The molecule has 1 aromatic carbocycles. The first kappa shape index (κ1) is 15.8. The van der Waals surface area contributed by atoms with Crippen LogP contribution >= 0.6 is 0 Å². The van der Waals surface area contributed by atoms with E-state index in [1.165, 1.54) is 19.2 Å². The van der Waals surface area contributed by atoms with E-state index >= 15 is 0 Å². The molecule has 7 heteroatoms. The van der Waals surface area contributed by atoms with Gasteiger partial charge in [-0.2, -0.15) is 4.31 Å². The molecule has 1 saturated heterocycles. The summed E-state index contributed by atoms with van der Waals surface area (Å²) in [4.78, 5) is 13.9. The Kier molecular flexibility index (Phi) is 4.53. The standard InChI is InChI=1S/C14H21N3O3S/c1-11-9-12(5-6-13(11)15)21(19,20)16(2)10-14(18)17-7-3-4-8-17/h5-6,9H,3-4,7-8,10,15H2,1-2H3. The Balaban J connectivity index is 2.14. The van der Waals surface area contributed by atoms with Crippen molar-refractivity contribution in [2.75, 3.05) is 32.4 Å². The SMILES string of the molecule is Cc1cc(S(=O)(=O)N(C)CC(=O)N2CCCC2)ccc1N. The number of nitrogens with two attached hydrogens (primary N) is 1. The molecule has 0 radical (unpaired) electrons. The first-order valence-corrected chi connectivity index (χ1v) is 8.36. The van der Waals surface area contributed by atoms with E-state index in [4.69, 9.17) is 5.73 Å². The van der Waals surface area contributed by atoms with Crippen molar-refractivity contribution in [2.24, 2.45) is 0 Å². The van der Waals surface area contributed by atoms with Gasteiger partial charge in [-0.15, -0.1) is 0 Å². The predicted molar refractivity (Wildman–Crippen MR) is 81.2 cm³/mol. The van der Waals surface area contributed by atoms with Crippen molar-refractivity contribution in [1.29, 1.82) is 0 Å². The highest BCUT2D eigenvalue weighted by Gasteiger charge is 2.26. The van der Waals surface area contributed by atoms with Crippen molar-refractivity contribution in [1.82, 2.24) is 9.21 Å². The quantitative estimate of drug-likeness (QED) is 0.834. The molecule has 0 aromatic heterocycles. The summed E-state index contributed by atoms with van der Waals surface area (Å²) in [5.74, 6) is -0.147. The molecule has 2 rings (SSSR count). The number of carbonyl (C=O) groups excluding carboxylic acids is 1. The molecule has 116 valence electrons. The van der Waals surface area contributed by atoms with Crippen molar-refractivity contribution in [3.63, 3.8) is 0 Å². The Labute approximate surface area is 125 Å². The molecule has 1 aliphatic heterocycles. The van der Waals surface area contributed by atoms with Gasteiger partial charge in [-0.1, -0.05) is 0 Å². The monoisotopic (exact) mass is 311 g/mol. The van der Waals surface area contributed by atoms with Crippen LogP contribution in [-0.4, -0.2) is 50.2 Å². The lowest BCUT2D eigenvalue weighted by molar-refractivity contribution is -0.130. The van der Waals surface area contributed by atoms with E-state index in [2.05, 4.69) is 0 Å². The highest BCUT2D eigenvalue weighted by molar-refractivity contribution is 7.89. The number of anilines is 1. The van der Waals surface area contributed by atoms with Gasteiger partial charge < -0.3 is 10.6 Å². The molecular formula is C14H21N3O3S. The molecule has 0 atom stereocenters. The van der Waals surface area contributed by atoms with Gasteiger partial charge in [0, 0.05) is 25.8 Å². The van der Waals surface area contributed by atoms with E-state index in [0.29, 0.717) is 24.3 Å². The molecule has 21 heavy (non-hydrogen) atoms. The minimum atomic E-state index is -3.67. The summed E-state index contributed by atoms with van der Waals surface area (Å²) in [5.41, 5.74) is 6.95. The number of hydrogen-bond donors (Lipinski definition) is 1. The zero-order valence-electron chi connectivity index (χ0n) is 12.4. The van der Waals surface area contributed by atoms with Gasteiger partial charge >= 0.3 is 0 Å². The molecule has 1 aliphatic rings. The lowest BCUT2D eigenvalue weighted by Crippen LogP contribution is -2.39. The van der Waals surface area contributed by atoms with Crippen LogP contribution in [0, 0.1) is 6.92 Å². The smallest absolute Gasteiger partial charge is 0.243 e. The molecule has 0 unspecified atom stereocenters. The van der Waals surface area contributed by atoms with Gasteiger partial charge in [-0.25, -0.2) is 8.42 Å². The molecular weight excluding hydrogens is 290 g/mol. The van der Waals surface area contributed by atoms with Crippen molar-refractivity contribution in [3.05, 3.63) is 23.8 Å². The van der Waals surface area contributed by atoms with E-state index < -0.39 is 10.0 Å². The van der Waals surface area contributed by atoms with Gasteiger partial charge in [0.25, 0.3) is 0 Å². The van der Waals surface area contributed by atoms with Crippen LogP contribution in [0.5, 0.6) is 0 Å². The predicted octanol–water partition coefficient (Wildman–Crippen LogP) is 0.820. The van der Waals surface area contributed by atoms with Crippen molar-refractivity contribution < 1.29 is 13.2 Å². The lowest BCUT2D eigenvalue weighted by Gasteiger charge is -2.21. The minimum Gasteiger partial charge on any atom is -0.399 e. The van der Waals surface area contributed by atoms with Crippen LogP contribution in [0.15, 0.2) is 23.1 Å². The number of nitrogen functional groups attached to an aromatic ring is 1. The van der Waals surface area contributed by atoms with Crippen LogP contribution in [0.3, 0.4) is 0 Å². The third-order valence-electron chi connectivity index (χ3n) is 3.77. The first-order valence-electron chi connectivity index (χ1n) is 6.92. The average Bonchev–Trinajstić information content (AvgIpc) is 2.95. The number of benzene rings is 1. The zero-order chi connectivity index (χ0) is 15.6. The van der Waals surface area contributed by atoms with Crippen LogP contribution < -0.4 is 5.73 Å². The number of aryl methyl sites for hydroxylation is 1. The Morgan fingerprint density at radius 3 is 2.52 bits per heavy atom. The fraction of sp³-hybridized carbons (Fsp3) is 0.500. The first-order chi connectivity index (χ1) is 9.82. The second-order valence-electron chi connectivity index (χ2n) is 5.37. The Morgan fingerprint density at radius 1 is 1.33 bits per heavy atom. The largest absolute Gasteiger partial charge is 0.399 e. The molecule has 1 heterocycles. The van der Waals surface area contributed by atoms with E-state index in [9.17, 15) is 13.2 Å². The van der Waals surface area contributed by atoms with Crippen LogP contribution in [0.4, 0.5) is 5.69 Å². The molecule has 1 amide bonds. The number of sulfonamides is 1. The molecule has 1 aromatic rings. The van der Waals surface area contributed by atoms with Gasteiger partial charge in [0.05, 0.1) is 11.4 Å². The van der Waals surface area contributed by atoms with E-state index in [-0.39, 0.29) is 17.3 Å². The normalized spacial score (nSPS) is 15.7. The number of amides is 1. The number of likely N-dealkylation sites (N-methyl/N-ethyl adjacent to an activating group) is 1. The highest BCUT2D eigenvalue weighted by Crippen LogP contribution is 2.20. The summed E-state index contributed by atoms with van der Waals surface area (Å²) in [6.45, 7) is 3.05.